The minimum Gasteiger partial charge on any atom is -0.371 e. The maximum Gasteiger partial charge on any atom is 0.255 e. The number of pyridine rings is 1. The maximum absolute atomic E-state index is 12.8. The molecule has 0 atom stereocenters. The third kappa shape index (κ3) is 4.01. The SMILES string of the molecule is CCCCCN1CCCc2cc(C(=O)Nc3cnc4ccccc4c3)ccc21. The Labute approximate surface area is 166 Å². The molecule has 3 aromatic rings. The summed E-state index contributed by atoms with van der Waals surface area (Å²) < 4.78 is 0. The number of hydrogen-bond acceptors (Lipinski definition) is 3. The Balaban J connectivity index is 1.50. The average Bonchev–Trinajstić information content (AvgIpc) is 2.73. The highest BCUT2D eigenvalue weighted by atomic mass is 16.1. The number of unbranched alkanes of at least 4 members (excludes halogenated alkanes) is 2. The number of benzene rings is 2. The molecule has 1 amide bonds. The fourth-order valence-corrected chi connectivity index (χ4v) is 3.94. The quantitative estimate of drug-likeness (QED) is 0.586. The highest BCUT2D eigenvalue weighted by Gasteiger charge is 2.18. The van der Waals surface area contributed by atoms with Crippen LogP contribution in [0, 0.1) is 0 Å². The van der Waals surface area contributed by atoms with Crippen LogP contribution < -0.4 is 10.2 Å². The van der Waals surface area contributed by atoms with Crippen molar-refractivity contribution >= 4 is 28.2 Å². The predicted molar refractivity (Wildman–Crippen MR) is 116 cm³/mol. The Bertz CT molecular complexity index is 983. The van der Waals surface area contributed by atoms with E-state index in [9.17, 15) is 4.79 Å². The number of para-hydroxylation sites is 1. The normalized spacial score (nSPS) is 13.4. The first-order valence-electron chi connectivity index (χ1n) is 10.3. The van der Waals surface area contributed by atoms with Gasteiger partial charge >= 0.3 is 0 Å². The molecule has 0 spiro atoms. The molecule has 144 valence electrons. The Hall–Kier alpha value is -2.88. The van der Waals surface area contributed by atoms with E-state index in [-0.39, 0.29) is 5.91 Å². The number of hydrogen-bond donors (Lipinski definition) is 1. The molecule has 0 fully saturated rings. The summed E-state index contributed by atoms with van der Waals surface area (Å²) in [5.41, 5.74) is 4.95. The van der Waals surface area contributed by atoms with Gasteiger partial charge in [-0.15, -0.1) is 0 Å². The first-order chi connectivity index (χ1) is 13.7. The number of carbonyl (C=O) groups excluding carboxylic acids is 1. The molecule has 0 saturated heterocycles. The second-order valence-electron chi connectivity index (χ2n) is 7.51. The van der Waals surface area contributed by atoms with Gasteiger partial charge in [0.15, 0.2) is 0 Å². The number of carbonyl (C=O) groups is 1. The van der Waals surface area contributed by atoms with Crippen LogP contribution in [0.2, 0.25) is 0 Å². The zero-order valence-electron chi connectivity index (χ0n) is 16.4. The Kier molecular flexibility index (Phi) is 5.56. The summed E-state index contributed by atoms with van der Waals surface area (Å²) in [7, 11) is 0. The molecule has 0 saturated carbocycles. The number of rotatable bonds is 6. The summed E-state index contributed by atoms with van der Waals surface area (Å²) in [5, 5.41) is 4.02. The van der Waals surface area contributed by atoms with Crippen molar-refractivity contribution in [3.8, 4) is 0 Å². The first-order valence-corrected chi connectivity index (χ1v) is 10.3. The van der Waals surface area contributed by atoms with E-state index in [2.05, 4.69) is 34.3 Å². The Morgan fingerprint density at radius 3 is 2.93 bits per heavy atom. The molecule has 4 rings (SSSR count). The second-order valence-corrected chi connectivity index (χ2v) is 7.51. The number of aryl methyl sites for hydroxylation is 1. The van der Waals surface area contributed by atoms with E-state index in [1.165, 1.54) is 30.5 Å². The standard InChI is InChI=1S/C24H27N3O/c1-2-3-6-13-27-14-7-9-19-15-20(11-12-23(19)27)24(28)26-21-16-18-8-4-5-10-22(18)25-17-21/h4-5,8,10-12,15-17H,2-3,6-7,9,13-14H2,1H3,(H,26,28). The molecule has 1 aliphatic rings. The number of nitrogens with zero attached hydrogens (tertiary/aromatic N) is 2. The summed E-state index contributed by atoms with van der Waals surface area (Å²) in [6.45, 7) is 4.46. The lowest BCUT2D eigenvalue weighted by Crippen LogP contribution is -2.30. The summed E-state index contributed by atoms with van der Waals surface area (Å²) in [6, 6.07) is 16.0. The smallest absolute Gasteiger partial charge is 0.255 e. The molecule has 1 N–H and O–H groups in total. The monoisotopic (exact) mass is 373 g/mol. The summed E-state index contributed by atoms with van der Waals surface area (Å²) >= 11 is 0. The van der Waals surface area contributed by atoms with E-state index >= 15 is 0 Å². The lowest BCUT2D eigenvalue weighted by molar-refractivity contribution is 0.102. The van der Waals surface area contributed by atoms with Gasteiger partial charge in [0, 0.05) is 29.7 Å². The number of anilines is 2. The first kappa shape index (κ1) is 18.5. The number of nitrogens with one attached hydrogen (secondary N) is 1. The van der Waals surface area contributed by atoms with E-state index in [0.717, 1.165) is 42.5 Å². The van der Waals surface area contributed by atoms with Gasteiger partial charge in [0.1, 0.15) is 0 Å². The van der Waals surface area contributed by atoms with Crippen molar-refractivity contribution in [2.75, 3.05) is 23.3 Å². The fraction of sp³-hybridized carbons (Fsp3) is 0.333. The van der Waals surface area contributed by atoms with Crippen LogP contribution in [-0.4, -0.2) is 24.0 Å². The van der Waals surface area contributed by atoms with Crippen LogP contribution in [0.4, 0.5) is 11.4 Å². The summed E-state index contributed by atoms with van der Waals surface area (Å²) in [6.07, 6.45) is 7.65. The van der Waals surface area contributed by atoms with E-state index in [1.54, 1.807) is 6.20 Å². The van der Waals surface area contributed by atoms with Crippen LogP contribution in [0.1, 0.15) is 48.5 Å². The van der Waals surface area contributed by atoms with Crippen molar-refractivity contribution in [1.29, 1.82) is 0 Å². The van der Waals surface area contributed by atoms with Crippen LogP contribution in [0.3, 0.4) is 0 Å². The van der Waals surface area contributed by atoms with E-state index in [1.807, 2.05) is 36.4 Å². The van der Waals surface area contributed by atoms with Crippen LogP contribution in [0.5, 0.6) is 0 Å². The lowest BCUT2D eigenvalue weighted by Gasteiger charge is -2.31. The Morgan fingerprint density at radius 1 is 1.14 bits per heavy atom. The van der Waals surface area contributed by atoms with Crippen LogP contribution >= 0.6 is 0 Å². The third-order valence-electron chi connectivity index (χ3n) is 5.44. The summed E-state index contributed by atoms with van der Waals surface area (Å²) in [4.78, 5) is 19.7. The van der Waals surface area contributed by atoms with Crippen LogP contribution in [-0.2, 0) is 6.42 Å². The Morgan fingerprint density at radius 2 is 2.04 bits per heavy atom. The number of aromatic nitrogens is 1. The highest BCUT2D eigenvalue weighted by Crippen LogP contribution is 2.29. The van der Waals surface area contributed by atoms with Crippen LogP contribution in [0.15, 0.2) is 54.7 Å². The van der Waals surface area contributed by atoms with Gasteiger partial charge in [-0.25, -0.2) is 0 Å². The van der Waals surface area contributed by atoms with E-state index < -0.39 is 0 Å². The topological polar surface area (TPSA) is 45.2 Å². The lowest BCUT2D eigenvalue weighted by atomic mass is 9.98. The minimum atomic E-state index is -0.0806. The van der Waals surface area contributed by atoms with Gasteiger partial charge in [-0.2, -0.15) is 0 Å². The fourth-order valence-electron chi connectivity index (χ4n) is 3.94. The number of fused-ring (bicyclic) bond motifs is 2. The van der Waals surface area contributed by atoms with E-state index in [4.69, 9.17) is 0 Å². The van der Waals surface area contributed by atoms with Crippen molar-refractivity contribution in [2.24, 2.45) is 0 Å². The minimum absolute atomic E-state index is 0.0806. The molecule has 2 aromatic carbocycles. The number of amides is 1. The molecule has 1 aromatic heterocycles. The summed E-state index contributed by atoms with van der Waals surface area (Å²) in [5.74, 6) is -0.0806. The van der Waals surface area contributed by atoms with Crippen molar-refractivity contribution in [2.45, 2.75) is 39.0 Å². The van der Waals surface area contributed by atoms with Crippen molar-refractivity contribution in [3.63, 3.8) is 0 Å². The zero-order valence-corrected chi connectivity index (χ0v) is 16.4. The van der Waals surface area contributed by atoms with Gasteiger partial charge in [-0.3, -0.25) is 9.78 Å². The van der Waals surface area contributed by atoms with Crippen LogP contribution in [0.25, 0.3) is 10.9 Å². The molecule has 4 heteroatoms. The van der Waals surface area contributed by atoms with E-state index in [0.29, 0.717) is 5.56 Å². The molecule has 2 heterocycles. The third-order valence-corrected chi connectivity index (χ3v) is 5.44. The van der Waals surface area contributed by atoms with Gasteiger partial charge in [0.25, 0.3) is 5.91 Å². The second kappa shape index (κ2) is 8.42. The molecule has 0 unspecified atom stereocenters. The van der Waals surface area contributed by atoms with Crippen molar-refractivity contribution in [3.05, 3.63) is 65.9 Å². The maximum atomic E-state index is 12.8. The molecule has 0 aliphatic carbocycles. The van der Waals surface area contributed by atoms with Gasteiger partial charge in [-0.05, 0) is 55.2 Å². The molecule has 1 aliphatic heterocycles. The molecule has 0 bridgehead atoms. The molecule has 28 heavy (non-hydrogen) atoms. The predicted octanol–water partition coefficient (Wildman–Crippen LogP) is 5.43. The highest BCUT2D eigenvalue weighted by molar-refractivity contribution is 6.05. The van der Waals surface area contributed by atoms with Gasteiger partial charge in [-0.1, -0.05) is 38.0 Å². The van der Waals surface area contributed by atoms with Crippen molar-refractivity contribution < 1.29 is 4.79 Å². The van der Waals surface area contributed by atoms with Crippen molar-refractivity contribution in [1.82, 2.24) is 4.98 Å². The van der Waals surface area contributed by atoms with Gasteiger partial charge in [0.05, 0.1) is 17.4 Å². The zero-order chi connectivity index (χ0) is 19.3. The van der Waals surface area contributed by atoms with Gasteiger partial charge < -0.3 is 10.2 Å². The molecule has 4 nitrogen and oxygen atoms in total. The molecular formula is C24H27N3O. The molecular weight excluding hydrogens is 346 g/mol. The molecule has 0 radical (unpaired) electrons. The largest absolute Gasteiger partial charge is 0.371 e. The average molecular weight is 374 g/mol. The van der Waals surface area contributed by atoms with Gasteiger partial charge in [0.2, 0.25) is 0 Å².